The van der Waals surface area contributed by atoms with Gasteiger partial charge in [-0.2, -0.15) is 0 Å². The van der Waals surface area contributed by atoms with Crippen LogP contribution >= 0.6 is 0 Å². The molecular weight excluding hydrogens is 300 g/mol. The van der Waals surface area contributed by atoms with Crippen molar-refractivity contribution in [2.45, 2.75) is 6.61 Å². The molecule has 0 saturated heterocycles. The summed E-state index contributed by atoms with van der Waals surface area (Å²) in [5.41, 5.74) is 0.398. The predicted octanol–water partition coefficient (Wildman–Crippen LogP) is 2.33. The molecule has 2 N–H and O–H groups in total. The van der Waals surface area contributed by atoms with Crippen molar-refractivity contribution in [2.24, 2.45) is 0 Å². The maximum Gasteiger partial charge on any atom is 0.356 e. The highest BCUT2D eigenvalue weighted by Crippen LogP contribution is 2.22. The molecule has 7 heteroatoms. The minimum absolute atomic E-state index is 0.0467. The monoisotopic (exact) mass is 314 g/mol. The van der Waals surface area contributed by atoms with Crippen molar-refractivity contribution in [1.29, 1.82) is 0 Å². The van der Waals surface area contributed by atoms with Gasteiger partial charge in [0, 0.05) is 6.07 Å². The van der Waals surface area contributed by atoms with E-state index in [2.05, 4.69) is 4.98 Å². The largest absolute Gasteiger partial charge is 0.508 e. The summed E-state index contributed by atoms with van der Waals surface area (Å²) in [4.78, 5) is 15.4. The zero-order chi connectivity index (χ0) is 16.4. The Morgan fingerprint density at radius 3 is 2.78 bits per heavy atom. The number of aromatic nitrogens is 2. The molecule has 0 aliphatic carbocycles. The number of carboxylic acid groups (broad SMARTS) is 1. The van der Waals surface area contributed by atoms with Gasteiger partial charge in [-0.25, -0.2) is 9.78 Å². The van der Waals surface area contributed by atoms with Crippen LogP contribution in [0.2, 0.25) is 0 Å². The molecule has 0 radical (unpaired) electrons. The first-order chi connectivity index (χ1) is 11.1. The van der Waals surface area contributed by atoms with E-state index in [1.54, 1.807) is 34.9 Å². The van der Waals surface area contributed by atoms with Crippen molar-refractivity contribution < 1.29 is 24.5 Å². The van der Waals surface area contributed by atoms with Gasteiger partial charge in [-0.3, -0.25) is 4.40 Å². The Morgan fingerprint density at radius 2 is 2.09 bits per heavy atom. The highest BCUT2D eigenvalue weighted by Gasteiger charge is 2.17. The number of hydrogen-bond donors (Lipinski definition) is 2. The molecule has 3 aromatic rings. The number of aromatic hydroxyl groups is 1. The molecule has 0 amide bonds. The molecule has 7 nitrogen and oxygen atoms in total. The summed E-state index contributed by atoms with van der Waals surface area (Å²) >= 11 is 0. The van der Waals surface area contributed by atoms with Crippen molar-refractivity contribution >= 4 is 11.5 Å². The maximum absolute atomic E-state index is 11.3. The quantitative estimate of drug-likeness (QED) is 0.751. The van der Waals surface area contributed by atoms with Crippen LogP contribution in [-0.2, 0) is 6.61 Å². The number of methoxy groups -OCH3 is 1. The molecule has 0 atom stereocenters. The van der Waals surface area contributed by atoms with E-state index < -0.39 is 5.97 Å². The van der Waals surface area contributed by atoms with E-state index in [0.29, 0.717) is 22.8 Å². The van der Waals surface area contributed by atoms with Crippen molar-refractivity contribution in [2.75, 3.05) is 7.11 Å². The number of carbonyl (C=O) groups is 1. The minimum atomic E-state index is -1.11. The summed E-state index contributed by atoms with van der Waals surface area (Å²) in [5, 5.41) is 18.7. The molecule has 3 rings (SSSR count). The van der Waals surface area contributed by atoms with Gasteiger partial charge in [-0.1, -0.05) is 6.07 Å². The Labute approximate surface area is 131 Å². The lowest BCUT2D eigenvalue weighted by Gasteiger charge is -2.07. The topological polar surface area (TPSA) is 93.3 Å². The molecule has 0 fully saturated rings. The minimum Gasteiger partial charge on any atom is -0.508 e. The average Bonchev–Trinajstić information content (AvgIpc) is 2.91. The van der Waals surface area contributed by atoms with E-state index in [4.69, 9.17) is 9.47 Å². The van der Waals surface area contributed by atoms with Crippen LogP contribution in [0, 0.1) is 0 Å². The maximum atomic E-state index is 11.3. The number of benzene rings is 1. The summed E-state index contributed by atoms with van der Waals surface area (Å²) < 4.78 is 12.3. The van der Waals surface area contributed by atoms with Crippen LogP contribution in [-0.4, -0.2) is 32.7 Å². The number of ether oxygens (including phenoxy) is 2. The van der Waals surface area contributed by atoms with Gasteiger partial charge in [0.15, 0.2) is 11.5 Å². The molecule has 0 unspecified atom stereocenters. The van der Waals surface area contributed by atoms with Crippen LogP contribution < -0.4 is 9.47 Å². The molecule has 23 heavy (non-hydrogen) atoms. The number of phenols is 1. The first-order valence-corrected chi connectivity index (χ1v) is 6.78. The highest BCUT2D eigenvalue weighted by atomic mass is 16.5. The number of aromatic carboxylic acids is 1. The third-order valence-electron chi connectivity index (χ3n) is 3.31. The molecule has 2 aromatic heterocycles. The Bertz CT molecular complexity index is 872. The van der Waals surface area contributed by atoms with E-state index >= 15 is 0 Å². The average molecular weight is 314 g/mol. The summed E-state index contributed by atoms with van der Waals surface area (Å²) in [6.07, 6.45) is 1.65. The zero-order valence-electron chi connectivity index (χ0n) is 12.3. The van der Waals surface area contributed by atoms with Gasteiger partial charge in [0.05, 0.1) is 18.8 Å². The third kappa shape index (κ3) is 2.89. The second-order valence-electron chi connectivity index (χ2n) is 4.79. The fourth-order valence-corrected chi connectivity index (χ4v) is 2.23. The van der Waals surface area contributed by atoms with Gasteiger partial charge >= 0.3 is 5.97 Å². The number of nitrogens with zero attached hydrogens (tertiary/aromatic N) is 2. The van der Waals surface area contributed by atoms with E-state index in [1.165, 1.54) is 19.2 Å². The second-order valence-corrected chi connectivity index (χ2v) is 4.79. The van der Waals surface area contributed by atoms with Crippen molar-refractivity contribution in [3.63, 3.8) is 0 Å². The molecular formula is C16H14N2O5. The van der Waals surface area contributed by atoms with Crippen LogP contribution in [0.4, 0.5) is 0 Å². The first-order valence-electron chi connectivity index (χ1n) is 6.78. The normalized spacial score (nSPS) is 10.7. The molecule has 2 heterocycles. The first kappa shape index (κ1) is 14.7. The summed E-state index contributed by atoms with van der Waals surface area (Å²) in [6, 6.07) is 9.64. The Morgan fingerprint density at radius 1 is 1.26 bits per heavy atom. The van der Waals surface area contributed by atoms with Gasteiger partial charge in [-0.15, -0.1) is 0 Å². The second kappa shape index (κ2) is 5.88. The van der Waals surface area contributed by atoms with Crippen LogP contribution in [0.3, 0.4) is 0 Å². The van der Waals surface area contributed by atoms with Gasteiger partial charge in [0.25, 0.3) is 0 Å². The number of carboxylic acids is 1. The number of pyridine rings is 1. The molecule has 1 aromatic carbocycles. The number of hydrogen-bond acceptors (Lipinski definition) is 5. The van der Waals surface area contributed by atoms with Crippen molar-refractivity contribution in [3.8, 4) is 17.2 Å². The number of phenolic OH excluding ortho intramolecular Hbond substituents is 1. The molecule has 0 saturated carbocycles. The predicted molar refractivity (Wildman–Crippen MR) is 81.1 cm³/mol. The van der Waals surface area contributed by atoms with Crippen molar-refractivity contribution in [3.05, 3.63) is 54.1 Å². The SMILES string of the molecule is COc1ccc2c(C(=O)O)nc(COc3cccc(O)c3)n2c1. The molecule has 0 spiro atoms. The summed E-state index contributed by atoms with van der Waals surface area (Å²) in [5.74, 6) is 0.422. The van der Waals surface area contributed by atoms with Crippen LogP contribution in [0.5, 0.6) is 17.2 Å². The van der Waals surface area contributed by atoms with Crippen molar-refractivity contribution in [1.82, 2.24) is 9.38 Å². The standard InChI is InChI=1S/C16H14N2O5/c1-22-12-5-6-13-15(16(20)21)17-14(18(13)8-12)9-23-11-4-2-3-10(19)7-11/h2-8,19H,9H2,1H3,(H,20,21). The van der Waals surface area contributed by atoms with Crippen LogP contribution in [0.25, 0.3) is 5.52 Å². The van der Waals surface area contributed by atoms with Crippen LogP contribution in [0.1, 0.15) is 16.3 Å². The lowest BCUT2D eigenvalue weighted by atomic mass is 10.3. The fraction of sp³-hybridized carbons (Fsp3) is 0.125. The Kier molecular flexibility index (Phi) is 3.76. The zero-order valence-corrected chi connectivity index (χ0v) is 12.3. The third-order valence-corrected chi connectivity index (χ3v) is 3.31. The van der Waals surface area contributed by atoms with Gasteiger partial charge in [0.1, 0.15) is 23.9 Å². The van der Waals surface area contributed by atoms with Gasteiger partial charge in [0.2, 0.25) is 0 Å². The van der Waals surface area contributed by atoms with Gasteiger partial charge in [-0.05, 0) is 24.3 Å². The molecule has 0 aliphatic rings. The Hall–Kier alpha value is -3.22. The molecule has 118 valence electrons. The van der Waals surface area contributed by atoms with E-state index in [9.17, 15) is 15.0 Å². The lowest BCUT2D eigenvalue weighted by Crippen LogP contribution is -2.02. The summed E-state index contributed by atoms with van der Waals surface area (Å²) in [6.45, 7) is 0.0467. The van der Waals surface area contributed by atoms with E-state index in [-0.39, 0.29) is 18.1 Å². The van der Waals surface area contributed by atoms with E-state index in [0.717, 1.165) is 0 Å². The van der Waals surface area contributed by atoms with Crippen LogP contribution in [0.15, 0.2) is 42.6 Å². The van der Waals surface area contributed by atoms with E-state index in [1.807, 2.05) is 0 Å². The number of rotatable bonds is 5. The summed E-state index contributed by atoms with van der Waals surface area (Å²) in [7, 11) is 1.53. The van der Waals surface area contributed by atoms with Gasteiger partial charge < -0.3 is 19.7 Å². The number of imidazole rings is 1. The molecule has 0 aliphatic heterocycles. The smallest absolute Gasteiger partial charge is 0.356 e. The Balaban J connectivity index is 1.97. The fourth-order valence-electron chi connectivity index (χ4n) is 2.23. The lowest BCUT2D eigenvalue weighted by molar-refractivity contribution is 0.0693. The molecule has 0 bridgehead atoms. The number of fused-ring (bicyclic) bond motifs is 1. The highest BCUT2D eigenvalue weighted by molar-refractivity contribution is 5.93.